The van der Waals surface area contributed by atoms with Crippen LogP contribution < -0.4 is 4.74 Å². The van der Waals surface area contributed by atoms with Crippen LogP contribution in [-0.2, 0) is 16.1 Å². The lowest BCUT2D eigenvalue weighted by Gasteiger charge is -2.34. The molecule has 1 aromatic carbocycles. The van der Waals surface area contributed by atoms with Crippen LogP contribution in [0.4, 0.5) is 0 Å². The molecule has 1 atom stereocenters. The Kier molecular flexibility index (Phi) is 5.41. The third-order valence-electron chi connectivity index (χ3n) is 3.73. The van der Waals surface area contributed by atoms with Gasteiger partial charge >= 0.3 is 5.97 Å². The third kappa shape index (κ3) is 3.51. The molecule has 0 aliphatic carbocycles. The Morgan fingerprint density at radius 1 is 1.35 bits per heavy atom. The Hall–Kier alpha value is -1.55. The molecule has 0 amide bonds. The van der Waals surface area contributed by atoms with Gasteiger partial charge in [-0.25, -0.2) is 0 Å². The van der Waals surface area contributed by atoms with Crippen LogP contribution in [0.25, 0.3) is 0 Å². The zero-order valence-corrected chi connectivity index (χ0v) is 12.3. The summed E-state index contributed by atoms with van der Waals surface area (Å²) >= 11 is 0. The Bertz CT molecular complexity index is 447. The number of benzene rings is 1. The molecule has 0 aromatic heterocycles. The highest BCUT2D eigenvalue weighted by Gasteiger charge is 2.29. The fourth-order valence-electron chi connectivity index (χ4n) is 2.73. The van der Waals surface area contributed by atoms with Gasteiger partial charge in [0.15, 0.2) is 0 Å². The SMILES string of the molecule is CCOc1ccccc1CN1CCCC[C@@H]1C(=O)OC. The molecular formula is C16H23NO3. The summed E-state index contributed by atoms with van der Waals surface area (Å²) in [5, 5.41) is 0. The van der Waals surface area contributed by atoms with E-state index in [2.05, 4.69) is 11.0 Å². The second-order valence-corrected chi connectivity index (χ2v) is 5.05. The quantitative estimate of drug-likeness (QED) is 0.776. The summed E-state index contributed by atoms with van der Waals surface area (Å²) in [7, 11) is 1.46. The van der Waals surface area contributed by atoms with Crippen molar-refractivity contribution in [2.24, 2.45) is 0 Å². The number of likely N-dealkylation sites (tertiary alicyclic amines) is 1. The second kappa shape index (κ2) is 7.29. The molecule has 4 heteroatoms. The minimum Gasteiger partial charge on any atom is -0.494 e. The Labute approximate surface area is 120 Å². The second-order valence-electron chi connectivity index (χ2n) is 5.05. The third-order valence-corrected chi connectivity index (χ3v) is 3.73. The standard InChI is InChI=1S/C16H23NO3/c1-3-20-15-10-5-4-8-13(15)12-17-11-7-6-9-14(17)16(18)19-2/h4-5,8,10,14H,3,6-7,9,11-12H2,1-2H3/t14-/m1/s1. The molecular weight excluding hydrogens is 254 g/mol. The molecule has 0 radical (unpaired) electrons. The lowest BCUT2D eigenvalue weighted by molar-refractivity contribution is -0.148. The maximum absolute atomic E-state index is 11.9. The van der Waals surface area contributed by atoms with E-state index in [1.807, 2.05) is 25.1 Å². The lowest BCUT2D eigenvalue weighted by Crippen LogP contribution is -2.44. The summed E-state index contributed by atoms with van der Waals surface area (Å²) in [5.74, 6) is 0.780. The van der Waals surface area contributed by atoms with Crippen molar-refractivity contribution in [1.82, 2.24) is 4.90 Å². The first-order valence-electron chi connectivity index (χ1n) is 7.28. The van der Waals surface area contributed by atoms with Crippen molar-refractivity contribution in [3.63, 3.8) is 0 Å². The molecule has 20 heavy (non-hydrogen) atoms. The van der Waals surface area contributed by atoms with Gasteiger partial charge in [0, 0.05) is 12.1 Å². The molecule has 1 aliphatic rings. The topological polar surface area (TPSA) is 38.8 Å². The molecule has 110 valence electrons. The van der Waals surface area contributed by atoms with Gasteiger partial charge in [-0.15, -0.1) is 0 Å². The summed E-state index contributed by atoms with van der Waals surface area (Å²) in [5.41, 5.74) is 1.13. The lowest BCUT2D eigenvalue weighted by atomic mass is 10.0. The number of para-hydroxylation sites is 1. The van der Waals surface area contributed by atoms with Gasteiger partial charge < -0.3 is 9.47 Å². The van der Waals surface area contributed by atoms with Crippen LogP contribution in [-0.4, -0.2) is 37.2 Å². The van der Waals surface area contributed by atoms with Crippen molar-refractivity contribution in [2.45, 2.75) is 38.8 Å². The Morgan fingerprint density at radius 3 is 2.90 bits per heavy atom. The van der Waals surface area contributed by atoms with Crippen molar-refractivity contribution < 1.29 is 14.3 Å². The molecule has 0 spiro atoms. The number of rotatable bonds is 5. The number of methoxy groups -OCH3 is 1. The highest BCUT2D eigenvalue weighted by atomic mass is 16.5. The summed E-state index contributed by atoms with van der Waals surface area (Å²) in [6.45, 7) is 4.29. The number of carbonyl (C=O) groups excluding carboxylic acids is 1. The number of hydrogen-bond acceptors (Lipinski definition) is 4. The number of piperidine rings is 1. The first-order valence-corrected chi connectivity index (χ1v) is 7.28. The first-order chi connectivity index (χ1) is 9.76. The van der Waals surface area contributed by atoms with Gasteiger partial charge in [0.1, 0.15) is 11.8 Å². The number of nitrogens with zero attached hydrogens (tertiary/aromatic N) is 1. The molecule has 0 bridgehead atoms. The molecule has 4 nitrogen and oxygen atoms in total. The van der Waals surface area contributed by atoms with E-state index in [0.717, 1.165) is 43.7 Å². The van der Waals surface area contributed by atoms with Crippen molar-refractivity contribution in [3.8, 4) is 5.75 Å². The van der Waals surface area contributed by atoms with Crippen LogP contribution in [0.5, 0.6) is 5.75 Å². The predicted molar refractivity (Wildman–Crippen MR) is 77.7 cm³/mol. The van der Waals surface area contributed by atoms with Gasteiger partial charge in [-0.05, 0) is 32.4 Å². The number of ether oxygens (including phenoxy) is 2. The normalized spacial score (nSPS) is 19.6. The molecule has 1 aromatic rings. The van der Waals surface area contributed by atoms with E-state index in [1.165, 1.54) is 7.11 Å². The highest BCUT2D eigenvalue weighted by Crippen LogP contribution is 2.25. The maximum Gasteiger partial charge on any atom is 0.323 e. The van der Waals surface area contributed by atoms with Gasteiger partial charge in [0.2, 0.25) is 0 Å². The highest BCUT2D eigenvalue weighted by molar-refractivity contribution is 5.75. The van der Waals surface area contributed by atoms with Gasteiger partial charge in [0.05, 0.1) is 13.7 Å². The average molecular weight is 277 g/mol. The van der Waals surface area contributed by atoms with Gasteiger partial charge in [-0.3, -0.25) is 9.69 Å². The molecule has 1 saturated heterocycles. The van der Waals surface area contributed by atoms with Crippen molar-refractivity contribution in [3.05, 3.63) is 29.8 Å². The van der Waals surface area contributed by atoms with Crippen LogP contribution >= 0.6 is 0 Å². The molecule has 0 unspecified atom stereocenters. The predicted octanol–water partition coefficient (Wildman–Crippen LogP) is 2.61. The summed E-state index contributed by atoms with van der Waals surface area (Å²) in [4.78, 5) is 14.1. The maximum atomic E-state index is 11.9. The zero-order valence-electron chi connectivity index (χ0n) is 12.3. The van der Waals surface area contributed by atoms with Crippen LogP contribution in [0.1, 0.15) is 31.7 Å². The smallest absolute Gasteiger partial charge is 0.323 e. The number of carbonyl (C=O) groups is 1. The average Bonchev–Trinajstić information content (AvgIpc) is 2.49. The van der Waals surface area contributed by atoms with Crippen LogP contribution in [0, 0.1) is 0 Å². The fourth-order valence-corrected chi connectivity index (χ4v) is 2.73. The van der Waals surface area contributed by atoms with E-state index in [9.17, 15) is 4.79 Å². The van der Waals surface area contributed by atoms with Crippen molar-refractivity contribution in [1.29, 1.82) is 0 Å². The van der Waals surface area contributed by atoms with E-state index in [-0.39, 0.29) is 12.0 Å². The first kappa shape index (κ1) is 14.9. The van der Waals surface area contributed by atoms with Crippen LogP contribution in [0.15, 0.2) is 24.3 Å². The monoisotopic (exact) mass is 277 g/mol. The van der Waals surface area contributed by atoms with E-state index in [4.69, 9.17) is 9.47 Å². The minimum absolute atomic E-state index is 0.122. The molecule has 2 rings (SSSR count). The van der Waals surface area contributed by atoms with E-state index in [1.54, 1.807) is 0 Å². The molecule has 0 saturated carbocycles. The summed E-state index contributed by atoms with van der Waals surface area (Å²) < 4.78 is 10.6. The zero-order chi connectivity index (χ0) is 14.4. The Morgan fingerprint density at radius 2 is 2.15 bits per heavy atom. The molecule has 1 aliphatic heterocycles. The van der Waals surface area contributed by atoms with Gasteiger partial charge in [0.25, 0.3) is 0 Å². The fraction of sp³-hybridized carbons (Fsp3) is 0.562. The van der Waals surface area contributed by atoms with Gasteiger partial charge in [-0.2, -0.15) is 0 Å². The van der Waals surface area contributed by atoms with E-state index < -0.39 is 0 Å². The molecule has 1 heterocycles. The number of esters is 1. The van der Waals surface area contributed by atoms with Crippen molar-refractivity contribution >= 4 is 5.97 Å². The molecule has 1 fully saturated rings. The summed E-state index contributed by atoms with van der Waals surface area (Å²) in [6, 6.07) is 7.91. The van der Waals surface area contributed by atoms with Crippen LogP contribution in [0.3, 0.4) is 0 Å². The summed E-state index contributed by atoms with van der Waals surface area (Å²) in [6.07, 6.45) is 3.09. The van der Waals surface area contributed by atoms with Crippen LogP contribution in [0.2, 0.25) is 0 Å². The molecule has 0 N–H and O–H groups in total. The Balaban J connectivity index is 2.12. The number of hydrogen-bond donors (Lipinski definition) is 0. The minimum atomic E-state index is -0.126. The van der Waals surface area contributed by atoms with E-state index >= 15 is 0 Å². The largest absolute Gasteiger partial charge is 0.494 e. The van der Waals surface area contributed by atoms with E-state index in [0.29, 0.717) is 6.61 Å². The van der Waals surface area contributed by atoms with Crippen molar-refractivity contribution in [2.75, 3.05) is 20.3 Å². The van der Waals surface area contributed by atoms with Gasteiger partial charge in [-0.1, -0.05) is 24.6 Å².